The van der Waals surface area contributed by atoms with Gasteiger partial charge in [-0.1, -0.05) is 46.8 Å². The summed E-state index contributed by atoms with van der Waals surface area (Å²) in [4.78, 5) is 27.5. The predicted molar refractivity (Wildman–Crippen MR) is 130 cm³/mol. The maximum absolute atomic E-state index is 13.1. The van der Waals surface area contributed by atoms with E-state index in [0.717, 1.165) is 23.4 Å². The molecule has 3 aromatic rings. The number of rotatable bonds is 8. The van der Waals surface area contributed by atoms with Gasteiger partial charge in [0.1, 0.15) is 12.4 Å². The van der Waals surface area contributed by atoms with Gasteiger partial charge in [-0.05, 0) is 49.1 Å². The largest absolute Gasteiger partial charge is 0.459 e. The van der Waals surface area contributed by atoms with Crippen molar-refractivity contribution < 1.29 is 14.0 Å². The van der Waals surface area contributed by atoms with Crippen molar-refractivity contribution in [1.82, 2.24) is 14.7 Å². The minimum Gasteiger partial charge on any atom is -0.459 e. The summed E-state index contributed by atoms with van der Waals surface area (Å²) in [5, 5.41) is 7.74. The summed E-state index contributed by atoms with van der Waals surface area (Å²) >= 11 is 0. The molecule has 0 aliphatic carbocycles. The Morgan fingerprint density at radius 3 is 2.52 bits per heavy atom. The Hall–Kier alpha value is -3.35. The maximum Gasteiger partial charge on any atom is 0.290 e. The molecule has 1 aromatic carbocycles. The summed E-state index contributed by atoms with van der Waals surface area (Å²) in [5.41, 5.74) is 2.64. The van der Waals surface area contributed by atoms with Crippen molar-refractivity contribution in [2.75, 3.05) is 18.4 Å². The van der Waals surface area contributed by atoms with Crippen molar-refractivity contribution in [2.24, 2.45) is 5.92 Å². The second-order valence-corrected chi connectivity index (χ2v) is 9.85. The minimum atomic E-state index is -0.293. The van der Waals surface area contributed by atoms with Crippen LogP contribution in [0.1, 0.15) is 62.9 Å². The number of hydrogen-bond donors (Lipinski definition) is 1. The van der Waals surface area contributed by atoms with E-state index in [9.17, 15) is 9.59 Å². The molecule has 0 bridgehead atoms. The highest BCUT2D eigenvalue weighted by Gasteiger charge is 2.24. The second-order valence-electron chi connectivity index (χ2n) is 9.85. The summed E-state index contributed by atoms with van der Waals surface area (Å²) in [5.74, 6) is 0.625. The van der Waals surface area contributed by atoms with Gasteiger partial charge in [-0.2, -0.15) is 5.10 Å². The van der Waals surface area contributed by atoms with Crippen molar-refractivity contribution in [1.29, 1.82) is 0 Å². The molecule has 0 saturated carbocycles. The van der Waals surface area contributed by atoms with E-state index in [-0.39, 0.29) is 29.5 Å². The van der Waals surface area contributed by atoms with Crippen molar-refractivity contribution in [3.05, 3.63) is 65.7 Å². The predicted octanol–water partition coefficient (Wildman–Crippen LogP) is 5.20. The Kier molecular flexibility index (Phi) is 7.41. The van der Waals surface area contributed by atoms with Crippen LogP contribution in [0.4, 0.5) is 5.82 Å². The SMILES string of the molecule is Cc1cccc(-n2nc(C(C)(C)C)cc2NC(=O)CN(CCC(C)C)C(=O)c2ccco2)c1. The molecule has 33 heavy (non-hydrogen) atoms. The molecular formula is C26H34N4O3. The van der Waals surface area contributed by atoms with Crippen LogP contribution < -0.4 is 5.32 Å². The van der Waals surface area contributed by atoms with Gasteiger partial charge >= 0.3 is 0 Å². The van der Waals surface area contributed by atoms with Gasteiger partial charge < -0.3 is 14.6 Å². The lowest BCUT2D eigenvalue weighted by Crippen LogP contribution is -2.39. The average molecular weight is 451 g/mol. The number of benzene rings is 1. The van der Waals surface area contributed by atoms with E-state index in [1.54, 1.807) is 16.8 Å². The van der Waals surface area contributed by atoms with Gasteiger partial charge in [-0.15, -0.1) is 0 Å². The van der Waals surface area contributed by atoms with Crippen LogP contribution in [0.3, 0.4) is 0 Å². The minimum absolute atomic E-state index is 0.0733. The number of amides is 2. The van der Waals surface area contributed by atoms with Gasteiger partial charge in [0.25, 0.3) is 5.91 Å². The van der Waals surface area contributed by atoms with Gasteiger partial charge in [0.05, 0.1) is 17.6 Å². The topological polar surface area (TPSA) is 80.4 Å². The lowest BCUT2D eigenvalue weighted by Gasteiger charge is -2.22. The van der Waals surface area contributed by atoms with Crippen molar-refractivity contribution in [2.45, 2.75) is 53.4 Å². The Labute approximate surface area is 195 Å². The first-order valence-electron chi connectivity index (χ1n) is 11.3. The molecule has 0 aliphatic heterocycles. The van der Waals surface area contributed by atoms with E-state index in [1.807, 2.05) is 37.3 Å². The number of nitrogens with zero attached hydrogens (tertiary/aromatic N) is 3. The number of aryl methyl sites for hydroxylation is 1. The normalized spacial score (nSPS) is 11.6. The molecule has 2 amide bonds. The number of nitrogens with one attached hydrogen (secondary N) is 1. The molecule has 176 valence electrons. The fraction of sp³-hybridized carbons (Fsp3) is 0.423. The molecule has 7 heteroatoms. The summed E-state index contributed by atoms with van der Waals surface area (Å²) in [6, 6.07) is 13.1. The van der Waals surface area contributed by atoms with Crippen LogP contribution in [0.5, 0.6) is 0 Å². The Morgan fingerprint density at radius 1 is 1.15 bits per heavy atom. The van der Waals surface area contributed by atoms with Gasteiger partial charge in [0, 0.05) is 18.0 Å². The Morgan fingerprint density at radius 2 is 1.91 bits per heavy atom. The molecule has 0 saturated heterocycles. The van der Waals surface area contributed by atoms with Crippen LogP contribution in [-0.4, -0.2) is 39.6 Å². The van der Waals surface area contributed by atoms with Crippen molar-refractivity contribution >= 4 is 17.6 Å². The first-order valence-corrected chi connectivity index (χ1v) is 11.3. The molecule has 2 aromatic heterocycles. The van der Waals surface area contributed by atoms with E-state index in [1.165, 1.54) is 11.2 Å². The lowest BCUT2D eigenvalue weighted by molar-refractivity contribution is -0.117. The van der Waals surface area contributed by atoms with Crippen LogP contribution in [0.15, 0.2) is 53.1 Å². The van der Waals surface area contributed by atoms with Gasteiger partial charge in [0.2, 0.25) is 5.91 Å². The number of hydrogen-bond acceptors (Lipinski definition) is 4. The molecule has 7 nitrogen and oxygen atoms in total. The molecule has 0 radical (unpaired) electrons. The van der Waals surface area contributed by atoms with Crippen molar-refractivity contribution in [3.63, 3.8) is 0 Å². The maximum atomic E-state index is 13.1. The molecule has 0 fully saturated rings. The third-order valence-electron chi connectivity index (χ3n) is 5.32. The van der Waals surface area contributed by atoms with Gasteiger partial charge in [-0.3, -0.25) is 9.59 Å². The zero-order valence-corrected chi connectivity index (χ0v) is 20.4. The summed E-state index contributed by atoms with van der Waals surface area (Å²) in [7, 11) is 0. The number of aromatic nitrogens is 2. The van der Waals surface area contributed by atoms with E-state index >= 15 is 0 Å². The molecule has 3 rings (SSSR count). The Bertz CT molecular complexity index is 1090. The molecule has 0 unspecified atom stereocenters. The van der Waals surface area contributed by atoms with E-state index in [4.69, 9.17) is 9.52 Å². The number of furan rings is 1. The van der Waals surface area contributed by atoms with Crippen LogP contribution in [0.2, 0.25) is 0 Å². The van der Waals surface area contributed by atoms with Crippen molar-refractivity contribution in [3.8, 4) is 5.69 Å². The van der Waals surface area contributed by atoms with Crippen LogP contribution >= 0.6 is 0 Å². The summed E-state index contributed by atoms with van der Waals surface area (Å²) in [6.45, 7) is 12.8. The van der Waals surface area contributed by atoms with E-state index in [2.05, 4.69) is 39.9 Å². The number of carbonyl (C=O) groups is 2. The third-order valence-corrected chi connectivity index (χ3v) is 5.32. The molecule has 0 spiro atoms. The van der Waals surface area contributed by atoms with E-state index in [0.29, 0.717) is 18.3 Å². The molecular weight excluding hydrogens is 416 g/mol. The average Bonchev–Trinajstić information content (AvgIpc) is 3.40. The third kappa shape index (κ3) is 6.34. The Balaban J connectivity index is 1.85. The summed E-state index contributed by atoms with van der Waals surface area (Å²) < 4.78 is 7.02. The smallest absolute Gasteiger partial charge is 0.290 e. The second kappa shape index (κ2) is 10.1. The molecule has 1 N–H and O–H groups in total. The molecule has 2 heterocycles. The monoisotopic (exact) mass is 450 g/mol. The highest BCUT2D eigenvalue weighted by atomic mass is 16.3. The van der Waals surface area contributed by atoms with Crippen LogP contribution in [0, 0.1) is 12.8 Å². The van der Waals surface area contributed by atoms with Gasteiger partial charge in [-0.25, -0.2) is 4.68 Å². The highest BCUT2D eigenvalue weighted by molar-refractivity contribution is 5.97. The van der Waals surface area contributed by atoms with Crippen LogP contribution in [-0.2, 0) is 10.2 Å². The first-order chi connectivity index (χ1) is 15.5. The zero-order chi connectivity index (χ0) is 24.2. The van der Waals surface area contributed by atoms with Gasteiger partial charge in [0.15, 0.2) is 5.76 Å². The number of carbonyl (C=O) groups excluding carboxylic acids is 2. The first kappa shape index (κ1) is 24.3. The number of anilines is 1. The molecule has 0 aliphatic rings. The summed E-state index contributed by atoms with van der Waals surface area (Å²) in [6.07, 6.45) is 2.25. The lowest BCUT2D eigenvalue weighted by atomic mass is 9.92. The molecule has 0 atom stereocenters. The fourth-order valence-electron chi connectivity index (χ4n) is 3.37. The van der Waals surface area contributed by atoms with Crippen LogP contribution in [0.25, 0.3) is 5.69 Å². The van der Waals surface area contributed by atoms with E-state index < -0.39 is 0 Å². The standard InChI is InChI=1S/C26H34N4O3/c1-18(2)12-13-29(25(32)21-11-8-14-33-21)17-24(31)27-23-16-22(26(4,5)6)28-30(23)20-10-7-9-19(3)15-20/h7-11,14-16,18H,12-13,17H2,1-6H3,(H,27,31). The zero-order valence-electron chi connectivity index (χ0n) is 20.4. The quantitative estimate of drug-likeness (QED) is 0.512. The fourth-order valence-corrected chi connectivity index (χ4v) is 3.37. The highest BCUT2D eigenvalue weighted by Crippen LogP contribution is 2.26.